The van der Waals surface area contributed by atoms with Crippen molar-refractivity contribution in [2.24, 2.45) is 0 Å². The summed E-state index contributed by atoms with van der Waals surface area (Å²) in [6.45, 7) is 8.84. The molecule has 2 aliphatic heterocycles. The van der Waals surface area contributed by atoms with Crippen molar-refractivity contribution in [3.63, 3.8) is 0 Å². The predicted molar refractivity (Wildman–Crippen MR) is 170 cm³/mol. The van der Waals surface area contributed by atoms with E-state index in [-0.39, 0.29) is 29.7 Å². The van der Waals surface area contributed by atoms with Gasteiger partial charge in [-0.15, -0.1) is 0 Å². The molecule has 0 aromatic heterocycles. The number of likely N-dealkylation sites (N-methyl/N-ethyl adjacent to an activating group) is 1. The van der Waals surface area contributed by atoms with Gasteiger partial charge in [-0.1, -0.05) is 62.4 Å². The molecule has 0 fully saturated rings. The first-order valence-electron chi connectivity index (χ1n) is 14.2. The Morgan fingerprint density at radius 2 is 1.64 bits per heavy atom. The van der Waals surface area contributed by atoms with E-state index in [1.807, 2.05) is 37.4 Å². The number of fused-ring (bicyclic) bond motifs is 2. The lowest BCUT2D eigenvalue weighted by atomic mass is 9.81. The normalized spacial score (nSPS) is 18.8. The summed E-state index contributed by atoms with van der Waals surface area (Å²) in [7, 11) is 1.86. The molecule has 2 aromatic carbocycles. The van der Waals surface area contributed by atoms with Gasteiger partial charge in [0.2, 0.25) is 15.7 Å². The lowest BCUT2D eigenvalue weighted by molar-refractivity contribution is -0.401. The van der Waals surface area contributed by atoms with Gasteiger partial charge in [0.25, 0.3) is 0 Å². The van der Waals surface area contributed by atoms with Crippen molar-refractivity contribution in [1.29, 1.82) is 0 Å². The van der Waals surface area contributed by atoms with Crippen LogP contribution in [0.2, 0.25) is 0 Å². The molecule has 0 saturated carbocycles. The van der Waals surface area contributed by atoms with E-state index in [1.165, 1.54) is 28.3 Å². The van der Waals surface area contributed by atoms with Crippen molar-refractivity contribution < 1.29 is 22.9 Å². The van der Waals surface area contributed by atoms with Crippen LogP contribution in [0, 0.1) is 0 Å². The third-order valence-electron chi connectivity index (χ3n) is 8.47. The second kappa shape index (κ2) is 11.9. The van der Waals surface area contributed by atoms with E-state index in [9.17, 15) is 13.2 Å². The summed E-state index contributed by atoms with van der Waals surface area (Å²) in [4.78, 5) is 13.1. The Labute approximate surface area is 250 Å². The second-order valence-corrected chi connectivity index (χ2v) is 14.0. The Bertz CT molecular complexity index is 1640. The molecule has 222 valence electrons. The van der Waals surface area contributed by atoms with Crippen molar-refractivity contribution in [3.8, 4) is 0 Å². The molecule has 0 radical (unpaired) electrons. The highest BCUT2D eigenvalue weighted by Crippen LogP contribution is 2.47. The molecule has 2 aliphatic rings. The maximum absolute atomic E-state index is 13.2. The van der Waals surface area contributed by atoms with E-state index in [0.717, 1.165) is 16.9 Å². The van der Waals surface area contributed by atoms with Gasteiger partial charge in [-0.3, -0.25) is 4.79 Å². The Morgan fingerprint density at radius 1 is 0.976 bits per heavy atom. The van der Waals surface area contributed by atoms with E-state index < -0.39 is 21.4 Å². The average Bonchev–Trinajstić information content (AvgIpc) is 3.25. The number of para-hydroxylation sites is 1. The van der Waals surface area contributed by atoms with Gasteiger partial charge in [0.1, 0.15) is 7.05 Å². The number of hydrogen-bond donors (Lipinski definition) is 1. The van der Waals surface area contributed by atoms with Crippen LogP contribution in [0.4, 0.5) is 11.4 Å². The third-order valence-corrected chi connectivity index (χ3v) is 10.3. The number of carboxylic acids is 1. The molecule has 0 bridgehead atoms. The number of carbonyl (C=O) groups is 1. The van der Waals surface area contributed by atoms with Crippen molar-refractivity contribution in [2.75, 3.05) is 32.6 Å². The summed E-state index contributed by atoms with van der Waals surface area (Å²) in [5.74, 6) is -0.935. The predicted octanol–water partition coefficient (Wildman–Crippen LogP) is 6.16. The third kappa shape index (κ3) is 5.78. The summed E-state index contributed by atoms with van der Waals surface area (Å²) >= 11 is 0. The molecule has 0 aliphatic carbocycles. The van der Waals surface area contributed by atoms with Gasteiger partial charge in [-0.25, -0.2) is 12.7 Å². The van der Waals surface area contributed by atoms with Crippen LogP contribution in [0.3, 0.4) is 0 Å². The SMILES string of the molecule is CN1C(=CC=CC=CC=CC2=[N+](C)c3ccccc3C2(C)C)C(C)(C)c2cc(S(=O)(=O)N(C)CCCC(=O)O)ccc21. The van der Waals surface area contributed by atoms with Gasteiger partial charge >= 0.3 is 5.97 Å². The number of hydrogen-bond acceptors (Lipinski definition) is 4. The van der Waals surface area contributed by atoms with E-state index in [1.54, 1.807) is 12.1 Å². The summed E-state index contributed by atoms with van der Waals surface area (Å²) in [6, 6.07) is 13.8. The molecule has 2 heterocycles. The van der Waals surface area contributed by atoms with Gasteiger partial charge < -0.3 is 10.0 Å². The smallest absolute Gasteiger partial charge is 0.303 e. The molecule has 0 saturated heterocycles. The maximum Gasteiger partial charge on any atom is 0.303 e. The molecule has 0 unspecified atom stereocenters. The van der Waals surface area contributed by atoms with Crippen LogP contribution in [0.25, 0.3) is 0 Å². The minimum absolute atomic E-state index is 0.0570. The molecule has 4 rings (SSSR count). The van der Waals surface area contributed by atoms with Crippen LogP contribution >= 0.6 is 0 Å². The Kier molecular flexibility index (Phi) is 8.81. The number of benzene rings is 2. The van der Waals surface area contributed by atoms with E-state index >= 15 is 0 Å². The van der Waals surface area contributed by atoms with Gasteiger partial charge in [0.15, 0.2) is 5.71 Å². The van der Waals surface area contributed by atoms with Gasteiger partial charge in [0, 0.05) is 61.6 Å². The van der Waals surface area contributed by atoms with E-state index in [4.69, 9.17) is 5.11 Å². The quantitative estimate of drug-likeness (QED) is 0.266. The zero-order valence-corrected chi connectivity index (χ0v) is 26.4. The molecular weight excluding hydrogens is 546 g/mol. The Morgan fingerprint density at radius 3 is 2.33 bits per heavy atom. The fraction of sp³-hybridized carbons (Fsp3) is 0.353. The lowest BCUT2D eigenvalue weighted by Gasteiger charge is -2.24. The molecule has 2 aromatic rings. The highest BCUT2D eigenvalue weighted by atomic mass is 32.2. The average molecular weight is 589 g/mol. The number of aliphatic carboxylic acids is 1. The van der Waals surface area contributed by atoms with Gasteiger partial charge in [0.05, 0.1) is 10.3 Å². The van der Waals surface area contributed by atoms with Crippen LogP contribution in [0.5, 0.6) is 0 Å². The molecular formula is C34H42N3O4S+. The Hall–Kier alpha value is -3.75. The standard InChI is InChI=1S/C34H41N3O4S/c1-33(2)26-16-13-14-17-28(26)36(6)30(33)18-11-9-8-10-12-19-31-34(3,4)27-24-25(21-22-29(27)37(31)7)42(40,41)35(5)23-15-20-32(38)39/h8-14,16-19,21-22,24H,15,20,23H2,1-7H3/p+1. The molecule has 0 spiro atoms. The maximum atomic E-state index is 13.2. The number of rotatable bonds is 10. The molecule has 1 N–H and O–H groups in total. The van der Waals surface area contributed by atoms with E-state index in [0.29, 0.717) is 0 Å². The van der Waals surface area contributed by atoms with Gasteiger partial charge in [-0.2, -0.15) is 4.58 Å². The first-order chi connectivity index (χ1) is 19.7. The molecule has 42 heavy (non-hydrogen) atoms. The summed E-state index contributed by atoms with van der Waals surface area (Å²) in [5.41, 5.74) is 6.32. The van der Waals surface area contributed by atoms with Crippen LogP contribution in [-0.4, -0.2) is 61.8 Å². The van der Waals surface area contributed by atoms with E-state index in [2.05, 4.69) is 86.7 Å². The monoisotopic (exact) mass is 588 g/mol. The first kappa shape index (κ1) is 31.2. The van der Waals surface area contributed by atoms with Crippen LogP contribution in [-0.2, 0) is 25.6 Å². The number of anilines is 1. The number of nitrogens with zero attached hydrogens (tertiary/aromatic N) is 3. The highest BCUT2D eigenvalue weighted by Gasteiger charge is 2.42. The fourth-order valence-electron chi connectivity index (χ4n) is 6.02. The summed E-state index contributed by atoms with van der Waals surface area (Å²) < 4.78 is 29.9. The molecule has 0 atom stereocenters. The molecule has 0 amide bonds. The number of sulfonamides is 1. The van der Waals surface area contributed by atoms with Gasteiger partial charge in [-0.05, 0) is 50.1 Å². The minimum atomic E-state index is -3.74. The number of allylic oxidation sites excluding steroid dienone is 8. The van der Waals surface area contributed by atoms with Crippen LogP contribution in [0.15, 0.2) is 95.6 Å². The summed E-state index contributed by atoms with van der Waals surface area (Å²) in [5, 5.41) is 8.88. The summed E-state index contributed by atoms with van der Waals surface area (Å²) in [6.07, 6.45) is 14.5. The first-order valence-corrected chi connectivity index (χ1v) is 15.6. The van der Waals surface area contributed by atoms with Crippen molar-refractivity contribution in [1.82, 2.24) is 4.31 Å². The lowest BCUT2D eigenvalue weighted by Crippen LogP contribution is -2.28. The van der Waals surface area contributed by atoms with Crippen LogP contribution in [0.1, 0.15) is 51.7 Å². The second-order valence-electron chi connectivity index (χ2n) is 12.0. The minimum Gasteiger partial charge on any atom is -0.481 e. The van der Waals surface area contributed by atoms with Crippen molar-refractivity contribution in [2.45, 2.75) is 56.3 Å². The highest BCUT2D eigenvalue weighted by molar-refractivity contribution is 7.89. The van der Waals surface area contributed by atoms with Crippen LogP contribution < -0.4 is 4.90 Å². The zero-order chi connectivity index (χ0) is 30.9. The van der Waals surface area contributed by atoms with Crippen molar-refractivity contribution >= 4 is 33.1 Å². The Balaban J connectivity index is 1.47. The topological polar surface area (TPSA) is 80.9 Å². The number of carboxylic acid groups (broad SMARTS) is 1. The molecule has 7 nitrogen and oxygen atoms in total. The fourth-order valence-corrected chi connectivity index (χ4v) is 7.25. The molecule has 8 heteroatoms. The van der Waals surface area contributed by atoms with Crippen molar-refractivity contribution in [3.05, 3.63) is 102 Å². The zero-order valence-electron chi connectivity index (χ0n) is 25.6. The largest absolute Gasteiger partial charge is 0.481 e.